The van der Waals surface area contributed by atoms with Gasteiger partial charge in [-0.1, -0.05) is 24.3 Å². The second-order valence-corrected chi connectivity index (χ2v) is 6.01. The van der Waals surface area contributed by atoms with E-state index in [1.807, 2.05) is 24.3 Å². The summed E-state index contributed by atoms with van der Waals surface area (Å²) in [6, 6.07) is 13.9. The molecular formula is C19H21N3O3. The Morgan fingerprint density at radius 1 is 1.24 bits per heavy atom. The quantitative estimate of drug-likeness (QED) is 0.814. The van der Waals surface area contributed by atoms with Crippen LogP contribution in [0.15, 0.2) is 48.5 Å². The summed E-state index contributed by atoms with van der Waals surface area (Å²) in [5.41, 5.74) is 7.63. The van der Waals surface area contributed by atoms with Crippen molar-refractivity contribution >= 4 is 17.5 Å². The minimum Gasteiger partial charge on any atom is -0.497 e. The fourth-order valence-corrected chi connectivity index (χ4v) is 2.92. The number of nitrogens with two attached hydrogens (primary N) is 1. The molecule has 1 aliphatic heterocycles. The monoisotopic (exact) mass is 339 g/mol. The highest BCUT2D eigenvalue weighted by Gasteiger charge is 2.33. The van der Waals surface area contributed by atoms with E-state index in [9.17, 15) is 9.59 Å². The zero-order chi connectivity index (χ0) is 17.8. The number of methoxy groups -OCH3 is 1. The number of rotatable bonds is 5. The first-order valence-corrected chi connectivity index (χ1v) is 8.15. The Balaban J connectivity index is 1.61. The zero-order valence-corrected chi connectivity index (χ0v) is 14.1. The topological polar surface area (TPSA) is 84.7 Å². The molecule has 25 heavy (non-hydrogen) atoms. The summed E-state index contributed by atoms with van der Waals surface area (Å²) < 4.78 is 5.13. The molecule has 0 bridgehead atoms. The van der Waals surface area contributed by atoms with Gasteiger partial charge in [0.05, 0.1) is 12.7 Å². The van der Waals surface area contributed by atoms with E-state index < -0.39 is 6.04 Å². The summed E-state index contributed by atoms with van der Waals surface area (Å²) in [4.78, 5) is 26.6. The molecule has 2 amide bonds. The first kappa shape index (κ1) is 16.8. The van der Waals surface area contributed by atoms with Gasteiger partial charge in [-0.15, -0.1) is 0 Å². The van der Waals surface area contributed by atoms with E-state index in [4.69, 9.17) is 10.5 Å². The van der Waals surface area contributed by atoms with Crippen molar-refractivity contribution in [2.45, 2.75) is 19.0 Å². The number of hydrogen-bond donors (Lipinski definition) is 2. The summed E-state index contributed by atoms with van der Waals surface area (Å²) in [5.74, 6) is 0.392. The van der Waals surface area contributed by atoms with E-state index in [0.717, 1.165) is 11.3 Å². The second kappa shape index (κ2) is 7.25. The summed E-state index contributed by atoms with van der Waals surface area (Å²) in [7, 11) is 1.62. The molecule has 1 unspecified atom stereocenters. The van der Waals surface area contributed by atoms with Crippen molar-refractivity contribution in [3.05, 3.63) is 59.7 Å². The molecule has 0 saturated carbocycles. The molecule has 0 aliphatic carbocycles. The fourth-order valence-electron chi connectivity index (χ4n) is 2.92. The average molecular weight is 339 g/mol. The third-order valence-electron chi connectivity index (χ3n) is 4.34. The number of carbonyl (C=O) groups is 2. The number of benzene rings is 2. The number of ether oxygens (including phenoxy) is 1. The highest BCUT2D eigenvalue weighted by atomic mass is 16.5. The summed E-state index contributed by atoms with van der Waals surface area (Å²) in [6.45, 7) is 1.13. The van der Waals surface area contributed by atoms with Crippen molar-refractivity contribution in [2.24, 2.45) is 0 Å². The van der Waals surface area contributed by atoms with Crippen LogP contribution in [0.4, 0.5) is 5.69 Å². The van der Waals surface area contributed by atoms with Crippen LogP contribution >= 0.6 is 0 Å². The van der Waals surface area contributed by atoms with Crippen LogP contribution in [0.25, 0.3) is 0 Å². The maximum absolute atomic E-state index is 12.5. The first-order valence-electron chi connectivity index (χ1n) is 8.15. The van der Waals surface area contributed by atoms with Gasteiger partial charge in [0.15, 0.2) is 0 Å². The van der Waals surface area contributed by atoms with Crippen molar-refractivity contribution in [3.63, 3.8) is 0 Å². The van der Waals surface area contributed by atoms with Crippen LogP contribution in [0, 0.1) is 0 Å². The summed E-state index contributed by atoms with van der Waals surface area (Å²) in [6.07, 6.45) is 0.591. The molecule has 1 aliphatic rings. The van der Waals surface area contributed by atoms with Gasteiger partial charge in [-0.3, -0.25) is 9.59 Å². The molecule has 130 valence electrons. The van der Waals surface area contributed by atoms with Gasteiger partial charge in [-0.25, -0.2) is 0 Å². The maximum Gasteiger partial charge on any atom is 0.254 e. The van der Waals surface area contributed by atoms with Crippen LogP contribution in [0.2, 0.25) is 0 Å². The van der Waals surface area contributed by atoms with Gasteiger partial charge < -0.3 is 20.7 Å². The molecule has 1 fully saturated rings. The van der Waals surface area contributed by atoms with E-state index in [-0.39, 0.29) is 11.8 Å². The number of nitrogen functional groups attached to an aromatic ring is 1. The molecule has 3 rings (SSSR count). The van der Waals surface area contributed by atoms with Crippen LogP contribution < -0.4 is 15.8 Å². The minimum atomic E-state index is -0.509. The summed E-state index contributed by atoms with van der Waals surface area (Å²) >= 11 is 0. The Morgan fingerprint density at radius 3 is 2.64 bits per heavy atom. The van der Waals surface area contributed by atoms with Gasteiger partial charge in [-0.05, 0) is 36.2 Å². The third-order valence-corrected chi connectivity index (χ3v) is 4.34. The fraction of sp³-hybridized carbons (Fsp3) is 0.263. The van der Waals surface area contributed by atoms with Gasteiger partial charge in [-0.2, -0.15) is 0 Å². The standard InChI is InChI=1S/C19H21N3O3/c1-25-14-8-6-13(7-9-14)12-22-11-10-17(19(22)24)21-18(23)15-4-2-3-5-16(15)20/h2-9,17H,10-12,20H2,1H3,(H,21,23). The van der Waals surface area contributed by atoms with E-state index in [1.165, 1.54) is 0 Å². The molecule has 2 aromatic rings. The van der Waals surface area contributed by atoms with Gasteiger partial charge in [0, 0.05) is 18.8 Å². The summed E-state index contributed by atoms with van der Waals surface area (Å²) in [5, 5.41) is 2.79. The molecule has 1 heterocycles. The van der Waals surface area contributed by atoms with Gasteiger partial charge in [0.1, 0.15) is 11.8 Å². The molecule has 0 aromatic heterocycles. The van der Waals surface area contributed by atoms with Crippen molar-refractivity contribution in [3.8, 4) is 5.75 Å². The van der Waals surface area contributed by atoms with E-state index in [0.29, 0.717) is 30.8 Å². The number of nitrogens with zero attached hydrogens (tertiary/aromatic N) is 1. The number of hydrogen-bond acceptors (Lipinski definition) is 4. The Hall–Kier alpha value is -3.02. The van der Waals surface area contributed by atoms with Gasteiger partial charge in [0.25, 0.3) is 5.91 Å². The molecule has 2 aromatic carbocycles. The number of amides is 2. The SMILES string of the molecule is COc1ccc(CN2CCC(NC(=O)c3ccccc3N)C2=O)cc1. The predicted octanol–water partition coefficient (Wildman–Crippen LogP) is 1.81. The first-order chi connectivity index (χ1) is 12.1. The lowest BCUT2D eigenvalue weighted by Gasteiger charge is -2.17. The predicted molar refractivity (Wildman–Crippen MR) is 95.1 cm³/mol. The molecule has 1 saturated heterocycles. The van der Waals surface area contributed by atoms with Gasteiger partial charge in [0.2, 0.25) is 5.91 Å². The highest BCUT2D eigenvalue weighted by molar-refractivity contribution is 6.01. The van der Waals surface area contributed by atoms with Gasteiger partial charge >= 0.3 is 0 Å². The largest absolute Gasteiger partial charge is 0.497 e. The van der Waals surface area contributed by atoms with Crippen LogP contribution in [-0.4, -0.2) is 36.4 Å². The lowest BCUT2D eigenvalue weighted by atomic mass is 10.1. The van der Waals surface area contributed by atoms with E-state index >= 15 is 0 Å². The lowest BCUT2D eigenvalue weighted by molar-refractivity contribution is -0.129. The molecule has 6 nitrogen and oxygen atoms in total. The minimum absolute atomic E-state index is 0.0707. The van der Waals surface area contributed by atoms with Crippen LogP contribution in [0.3, 0.4) is 0 Å². The zero-order valence-electron chi connectivity index (χ0n) is 14.1. The Bertz CT molecular complexity index is 774. The average Bonchev–Trinajstić information content (AvgIpc) is 2.96. The van der Waals surface area contributed by atoms with E-state index in [1.54, 1.807) is 36.3 Å². The normalized spacial score (nSPS) is 16.8. The molecule has 3 N–H and O–H groups in total. The maximum atomic E-state index is 12.5. The smallest absolute Gasteiger partial charge is 0.254 e. The van der Waals surface area contributed by atoms with Crippen molar-refractivity contribution in [1.29, 1.82) is 0 Å². The van der Waals surface area contributed by atoms with E-state index in [2.05, 4.69) is 5.32 Å². The highest BCUT2D eigenvalue weighted by Crippen LogP contribution is 2.18. The molecular weight excluding hydrogens is 318 g/mol. The Kier molecular flexibility index (Phi) is 4.88. The second-order valence-electron chi connectivity index (χ2n) is 6.01. The Labute approximate surface area is 146 Å². The number of nitrogens with one attached hydrogen (secondary N) is 1. The van der Waals surface area contributed by atoms with Crippen molar-refractivity contribution in [1.82, 2.24) is 10.2 Å². The van der Waals surface area contributed by atoms with Crippen LogP contribution in [-0.2, 0) is 11.3 Å². The Morgan fingerprint density at radius 2 is 1.96 bits per heavy atom. The molecule has 1 atom stereocenters. The number of anilines is 1. The number of para-hydroxylation sites is 1. The van der Waals surface area contributed by atoms with Crippen molar-refractivity contribution in [2.75, 3.05) is 19.4 Å². The van der Waals surface area contributed by atoms with Crippen LogP contribution in [0.1, 0.15) is 22.3 Å². The number of likely N-dealkylation sites (tertiary alicyclic amines) is 1. The number of carbonyl (C=O) groups excluding carboxylic acids is 2. The lowest BCUT2D eigenvalue weighted by Crippen LogP contribution is -2.41. The van der Waals surface area contributed by atoms with Crippen LogP contribution in [0.5, 0.6) is 5.75 Å². The third kappa shape index (κ3) is 3.74. The van der Waals surface area contributed by atoms with Crippen molar-refractivity contribution < 1.29 is 14.3 Å². The molecule has 6 heteroatoms. The molecule has 0 radical (unpaired) electrons. The molecule has 0 spiro atoms.